The number of nitrogens with two attached hydrogens (primary N) is 1. The molecule has 0 spiro atoms. The summed E-state index contributed by atoms with van der Waals surface area (Å²) < 4.78 is 0. The topological polar surface area (TPSA) is 64.7 Å². The number of nitrogens with zero attached hydrogens (tertiary/aromatic N) is 3. The summed E-state index contributed by atoms with van der Waals surface area (Å²) in [4.78, 5) is 13.7. The first-order valence-corrected chi connectivity index (χ1v) is 6.35. The van der Waals surface area contributed by atoms with Crippen molar-refractivity contribution >= 4 is 28.2 Å². The minimum Gasteiger partial charge on any atom is -0.375 e. The number of rotatable bonds is 2. The van der Waals surface area contributed by atoms with Crippen LogP contribution in [0.25, 0.3) is 10.6 Å². The van der Waals surface area contributed by atoms with E-state index in [1.807, 2.05) is 19.2 Å². The van der Waals surface area contributed by atoms with Crippen molar-refractivity contribution in [3.8, 4) is 10.6 Å². The van der Waals surface area contributed by atoms with E-state index in [2.05, 4.69) is 15.0 Å². The van der Waals surface area contributed by atoms with Gasteiger partial charge in [-0.2, -0.15) is 0 Å². The fourth-order valence-corrected chi connectivity index (χ4v) is 2.38. The summed E-state index contributed by atoms with van der Waals surface area (Å²) in [5, 5.41) is 1.34. The zero-order valence-corrected chi connectivity index (χ0v) is 10.0. The normalized spacial score (nSPS) is 10.5. The van der Waals surface area contributed by atoms with Crippen molar-refractivity contribution in [3.63, 3.8) is 0 Å². The summed E-state index contributed by atoms with van der Waals surface area (Å²) in [6.07, 6.45) is 3.70. The number of aryl methyl sites for hydroxylation is 1. The molecule has 0 radical (unpaired) electrons. The van der Waals surface area contributed by atoms with Gasteiger partial charge in [0, 0.05) is 6.20 Å². The summed E-state index contributed by atoms with van der Waals surface area (Å²) in [7, 11) is 0. The first kappa shape index (κ1) is 10.4. The lowest BCUT2D eigenvalue weighted by Gasteiger charge is -1.99. The van der Waals surface area contributed by atoms with Gasteiger partial charge < -0.3 is 5.73 Å². The lowest BCUT2D eigenvalue weighted by molar-refractivity contribution is 0.976. The molecule has 4 nitrogen and oxygen atoms in total. The van der Waals surface area contributed by atoms with Crippen LogP contribution in [-0.4, -0.2) is 21.2 Å². The van der Waals surface area contributed by atoms with Crippen molar-refractivity contribution in [2.75, 3.05) is 12.0 Å². The summed E-state index contributed by atoms with van der Waals surface area (Å²) >= 11 is 2.97. The molecule has 0 unspecified atom stereocenters. The Kier molecular flexibility index (Phi) is 2.88. The van der Waals surface area contributed by atoms with Crippen molar-refractivity contribution < 1.29 is 0 Å². The van der Waals surface area contributed by atoms with E-state index in [1.54, 1.807) is 6.20 Å². The van der Waals surface area contributed by atoms with Gasteiger partial charge in [-0.05, 0) is 19.2 Å². The molecule has 0 saturated carbocycles. The first-order chi connectivity index (χ1) is 7.20. The maximum absolute atomic E-state index is 5.65. The lowest BCUT2D eigenvalue weighted by Crippen LogP contribution is -1.88. The van der Waals surface area contributed by atoms with E-state index in [0.717, 1.165) is 21.4 Å². The molecule has 15 heavy (non-hydrogen) atoms. The number of nitrogen functional groups attached to an aromatic ring is 1. The zero-order valence-electron chi connectivity index (χ0n) is 8.39. The third-order valence-corrected chi connectivity index (χ3v) is 3.43. The molecule has 2 N–H and O–H groups in total. The minimum atomic E-state index is 0.576. The first-order valence-electron chi connectivity index (χ1n) is 4.31. The van der Waals surface area contributed by atoms with Crippen molar-refractivity contribution in [2.45, 2.75) is 12.1 Å². The SMILES string of the molecule is CSc1nccc(-c2sc(N)nc2C)n1. The molecule has 78 valence electrons. The molecule has 0 bridgehead atoms. The maximum atomic E-state index is 5.65. The predicted octanol–water partition coefficient (Wildman–Crippen LogP) is 2.21. The highest BCUT2D eigenvalue weighted by atomic mass is 32.2. The summed E-state index contributed by atoms with van der Waals surface area (Å²) in [6, 6.07) is 1.87. The van der Waals surface area contributed by atoms with E-state index < -0.39 is 0 Å². The number of anilines is 1. The Hall–Kier alpha value is -1.14. The average Bonchev–Trinajstić information content (AvgIpc) is 2.58. The summed E-state index contributed by atoms with van der Waals surface area (Å²) in [5.41, 5.74) is 7.46. The molecule has 0 aromatic carbocycles. The highest BCUT2D eigenvalue weighted by molar-refractivity contribution is 7.98. The van der Waals surface area contributed by atoms with Crippen LogP contribution in [0.4, 0.5) is 5.13 Å². The van der Waals surface area contributed by atoms with Crippen molar-refractivity contribution in [1.82, 2.24) is 15.0 Å². The van der Waals surface area contributed by atoms with Gasteiger partial charge in [0.1, 0.15) is 0 Å². The summed E-state index contributed by atoms with van der Waals surface area (Å²) in [6.45, 7) is 1.93. The Morgan fingerprint density at radius 3 is 2.80 bits per heavy atom. The Bertz CT molecular complexity index is 481. The van der Waals surface area contributed by atoms with Crippen LogP contribution in [0.2, 0.25) is 0 Å². The van der Waals surface area contributed by atoms with Gasteiger partial charge >= 0.3 is 0 Å². The second kappa shape index (κ2) is 4.16. The number of aromatic nitrogens is 3. The highest BCUT2D eigenvalue weighted by Gasteiger charge is 2.09. The molecule has 0 fully saturated rings. The summed E-state index contributed by atoms with van der Waals surface area (Å²) in [5.74, 6) is 0. The van der Waals surface area contributed by atoms with Gasteiger partial charge in [0.25, 0.3) is 0 Å². The van der Waals surface area contributed by atoms with Crippen LogP contribution in [0.5, 0.6) is 0 Å². The van der Waals surface area contributed by atoms with Crippen LogP contribution in [0.15, 0.2) is 17.4 Å². The van der Waals surface area contributed by atoms with Gasteiger partial charge in [0.15, 0.2) is 10.3 Å². The molecule has 0 aliphatic rings. The molecular formula is C9H10N4S2. The number of hydrogen-bond acceptors (Lipinski definition) is 6. The van der Waals surface area contributed by atoms with E-state index >= 15 is 0 Å². The van der Waals surface area contributed by atoms with Crippen LogP contribution in [0.1, 0.15) is 5.69 Å². The smallest absolute Gasteiger partial charge is 0.187 e. The largest absolute Gasteiger partial charge is 0.375 e. The van der Waals surface area contributed by atoms with Gasteiger partial charge in [0.2, 0.25) is 0 Å². The standard InChI is InChI=1S/C9H10N4S2/c1-5-7(15-8(10)12-5)6-3-4-11-9(13-6)14-2/h3-4H,1-2H3,(H2,10,12). The van der Waals surface area contributed by atoms with E-state index in [1.165, 1.54) is 23.1 Å². The molecule has 6 heteroatoms. The second-order valence-electron chi connectivity index (χ2n) is 2.90. The van der Waals surface area contributed by atoms with Crippen molar-refractivity contribution in [1.29, 1.82) is 0 Å². The van der Waals surface area contributed by atoms with Gasteiger partial charge in [-0.3, -0.25) is 0 Å². The van der Waals surface area contributed by atoms with Gasteiger partial charge in [-0.25, -0.2) is 15.0 Å². The van der Waals surface area contributed by atoms with Crippen molar-refractivity contribution in [2.24, 2.45) is 0 Å². The molecule has 2 aromatic rings. The molecule has 2 rings (SSSR count). The van der Waals surface area contributed by atoms with Gasteiger partial charge in [-0.15, -0.1) is 0 Å². The number of thiazole rings is 1. The molecule has 0 aliphatic carbocycles. The predicted molar refractivity (Wildman–Crippen MR) is 64.1 cm³/mol. The third-order valence-electron chi connectivity index (χ3n) is 1.86. The van der Waals surface area contributed by atoms with Crippen LogP contribution in [-0.2, 0) is 0 Å². The molecular weight excluding hydrogens is 228 g/mol. The van der Waals surface area contributed by atoms with Gasteiger partial charge in [0.05, 0.1) is 16.3 Å². The van der Waals surface area contributed by atoms with Crippen LogP contribution in [0.3, 0.4) is 0 Å². The highest BCUT2D eigenvalue weighted by Crippen LogP contribution is 2.30. The van der Waals surface area contributed by atoms with Crippen LogP contribution in [0, 0.1) is 6.92 Å². The quantitative estimate of drug-likeness (QED) is 0.642. The fraction of sp³-hybridized carbons (Fsp3) is 0.222. The molecule has 0 saturated heterocycles. The number of thioether (sulfide) groups is 1. The molecule has 2 heterocycles. The lowest BCUT2D eigenvalue weighted by atomic mass is 10.3. The van der Waals surface area contributed by atoms with Gasteiger partial charge in [-0.1, -0.05) is 23.1 Å². The monoisotopic (exact) mass is 238 g/mol. The van der Waals surface area contributed by atoms with E-state index in [9.17, 15) is 0 Å². The van der Waals surface area contributed by atoms with E-state index in [4.69, 9.17) is 5.73 Å². The molecule has 0 amide bonds. The van der Waals surface area contributed by atoms with Crippen LogP contribution >= 0.6 is 23.1 Å². The van der Waals surface area contributed by atoms with E-state index in [-0.39, 0.29) is 0 Å². The Morgan fingerprint density at radius 2 is 2.20 bits per heavy atom. The Labute approximate surface area is 96.0 Å². The number of hydrogen-bond donors (Lipinski definition) is 1. The molecule has 0 aliphatic heterocycles. The molecule has 2 aromatic heterocycles. The van der Waals surface area contributed by atoms with Crippen LogP contribution < -0.4 is 5.73 Å². The Morgan fingerprint density at radius 1 is 1.40 bits per heavy atom. The second-order valence-corrected chi connectivity index (χ2v) is 4.70. The third kappa shape index (κ3) is 2.10. The minimum absolute atomic E-state index is 0.576. The average molecular weight is 238 g/mol. The molecule has 0 atom stereocenters. The van der Waals surface area contributed by atoms with E-state index in [0.29, 0.717) is 5.13 Å². The zero-order chi connectivity index (χ0) is 10.8. The Balaban J connectivity index is 2.49. The fourth-order valence-electron chi connectivity index (χ4n) is 1.22. The maximum Gasteiger partial charge on any atom is 0.187 e. The van der Waals surface area contributed by atoms with Crippen molar-refractivity contribution in [3.05, 3.63) is 18.0 Å².